The minimum absolute atomic E-state index is 0.654. The summed E-state index contributed by atoms with van der Waals surface area (Å²) in [6, 6.07) is 3.56. The molecule has 0 bridgehead atoms. The highest BCUT2D eigenvalue weighted by molar-refractivity contribution is 5.76. The van der Waals surface area contributed by atoms with Gasteiger partial charge in [0.2, 0.25) is 0 Å². The van der Waals surface area contributed by atoms with E-state index in [0.717, 1.165) is 37.1 Å². The Morgan fingerprint density at radius 1 is 1.56 bits per heavy atom. The molecule has 0 radical (unpaired) electrons. The second-order valence-corrected chi connectivity index (χ2v) is 3.67. The van der Waals surface area contributed by atoms with Crippen LogP contribution >= 0.6 is 0 Å². The van der Waals surface area contributed by atoms with Crippen LogP contribution in [0.3, 0.4) is 0 Å². The molecule has 0 saturated heterocycles. The van der Waals surface area contributed by atoms with Gasteiger partial charge in [0.1, 0.15) is 11.9 Å². The fourth-order valence-electron chi connectivity index (χ4n) is 1.64. The van der Waals surface area contributed by atoms with E-state index in [1.807, 2.05) is 16.8 Å². The molecule has 0 fully saturated rings. The molecule has 2 aromatic rings. The zero-order chi connectivity index (χ0) is 11.4. The van der Waals surface area contributed by atoms with Gasteiger partial charge in [-0.3, -0.25) is 4.79 Å². The highest BCUT2D eigenvalue weighted by atomic mass is 16.5. The second kappa shape index (κ2) is 4.90. The number of hydrogen-bond acceptors (Lipinski definition) is 3. The molecule has 16 heavy (non-hydrogen) atoms. The van der Waals surface area contributed by atoms with Crippen molar-refractivity contribution < 1.29 is 9.53 Å². The SMILES string of the molecule is COCCCc1cn2ccc(C=O)cc2n1. The number of imidazole rings is 1. The fraction of sp³-hybridized carbons (Fsp3) is 0.333. The number of fused-ring (bicyclic) bond motifs is 1. The molecule has 4 heteroatoms. The number of aryl methyl sites for hydroxylation is 1. The van der Waals surface area contributed by atoms with Crippen LogP contribution in [-0.2, 0) is 11.2 Å². The van der Waals surface area contributed by atoms with E-state index in [-0.39, 0.29) is 0 Å². The van der Waals surface area contributed by atoms with Crippen LogP contribution in [0.2, 0.25) is 0 Å². The van der Waals surface area contributed by atoms with Gasteiger partial charge in [-0.15, -0.1) is 0 Å². The smallest absolute Gasteiger partial charge is 0.150 e. The largest absolute Gasteiger partial charge is 0.385 e. The molecule has 0 amide bonds. The Morgan fingerprint density at radius 2 is 2.44 bits per heavy atom. The zero-order valence-corrected chi connectivity index (χ0v) is 9.22. The van der Waals surface area contributed by atoms with Gasteiger partial charge in [-0.1, -0.05) is 0 Å². The van der Waals surface area contributed by atoms with Gasteiger partial charge in [0, 0.05) is 31.7 Å². The van der Waals surface area contributed by atoms with Crippen molar-refractivity contribution in [2.75, 3.05) is 13.7 Å². The number of methoxy groups -OCH3 is 1. The molecule has 4 nitrogen and oxygen atoms in total. The van der Waals surface area contributed by atoms with E-state index < -0.39 is 0 Å². The van der Waals surface area contributed by atoms with Crippen LogP contribution in [0, 0.1) is 0 Å². The van der Waals surface area contributed by atoms with Crippen molar-refractivity contribution in [1.29, 1.82) is 0 Å². The van der Waals surface area contributed by atoms with Crippen LogP contribution < -0.4 is 0 Å². The maximum absolute atomic E-state index is 10.6. The molecule has 0 aliphatic carbocycles. The van der Waals surface area contributed by atoms with Crippen molar-refractivity contribution in [3.63, 3.8) is 0 Å². The first-order chi connectivity index (χ1) is 7.83. The molecular weight excluding hydrogens is 204 g/mol. The summed E-state index contributed by atoms with van der Waals surface area (Å²) in [6.45, 7) is 0.744. The normalized spacial score (nSPS) is 10.8. The number of carbonyl (C=O) groups excluding carboxylic acids is 1. The zero-order valence-electron chi connectivity index (χ0n) is 9.22. The minimum atomic E-state index is 0.654. The number of rotatable bonds is 5. The second-order valence-electron chi connectivity index (χ2n) is 3.67. The maximum Gasteiger partial charge on any atom is 0.150 e. The molecule has 0 aliphatic heterocycles. The number of nitrogens with zero attached hydrogens (tertiary/aromatic N) is 2. The Labute approximate surface area is 93.9 Å². The number of aldehydes is 1. The molecule has 2 aromatic heterocycles. The highest BCUT2D eigenvalue weighted by Gasteiger charge is 2.02. The lowest BCUT2D eigenvalue weighted by Crippen LogP contribution is -1.92. The molecule has 0 N–H and O–H groups in total. The van der Waals surface area contributed by atoms with Gasteiger partial charge in [-0.05, 0) is 25.0 Å². The van der Waals surface area contributed by atoms with Gasteiger partial charge in [-0.2, -0.15) is 0 Å². The van der Waals surface area contributed by atoms with Gasteiger partial charge < -0.3 is 9.14 Å². The van der Waals surface area contributed by atoms with E-state index in [2.05, 4.69) is 4.98 Å². The van der Waals surface area contributed by atoms with E-state index in [0.29, 0.717) is 5.56 Å². The van der Waals surface area contributed by atoms with Crippen LogP contribution in [0.5, 0.6) is 0 Å². The Morgan fingerprint density at radius 3 is 3.19 bits per heavy atom. The first-order valence-corrected chi connectivity index (χ1v) is 5.25. The first kappa shape index (κ1) is 10.8. The van der Waals surface area contributed by atoms with Gasteiger partial charge in [-0.25, -0.2) is 4.98 Å². The standard InChI is InChI=1S/C12H14N2O2/c1-16-6-2-3-11-8-14-5-4-10(9-15)7-12(14)13-11/h4-5,7-9H,2-3,6H2,1H3. The molecule has 0 aromatic carbocycles. The molecule has 0 saturated carbocycles. The summed E-state index contributed by atoms with van der Waals surface area (Å²) < 4.78 is 6.92. The topological polar surface area (TPSA) is 43.6 Å². The molecule has 2 heterocycles. The molecule has 0 atom stereocenters. The quantitative estimate of drug-likeness (QED) is 0.567. The average molecular weight is 218 g/mol. The van der Waals surface area contributed by atoms with Crippen LogP contribution in [-0.4, -0.2) is 29.4 Å². The Hall–Kier alpha value is -1.68. The van der Waals surface area contributed by atoms with E-state index in [1.165, 1.54) is 0 Å². The van der Waals surface area contributed by atoms with Gasteiger partial charge in [0.05, 0.1) is 5.69 Å². The highest BCUT2D eigenvalue weighted by Crippen LogP contribution is 2.08. The monoisotopic (exact) mass is 218 g/mol. The van der Waals surface area contributed by atoms with Crippen molar-refractivity contribution >= 4 is 11.9 Å². The van der Waals surface area contributed by atoms with Gasteiger partial charge in [0.25, 0.3) is 0 Å². The summed E-state index contributed by atoms with van der Waals surface area (Å²) in [5, 5.41) is 0. The lowest BCUT2D eigenvalue weighted by molar-refractivity contribution is 0.112. The summed E-state index contributed by atoms with van der Waals surface area (Å²) in [4.78, 5) is 15.1. The van der Waals surface area contributed by atoms with E-state index in [4.69, 9.17) is 4.74 Å². The van der Waals surface area contributed by atoms with Crippen LogP contribution in [0.15, 0.2) is 24.5 Å². The Balaban J connectivity index is 2.19. The van der Waals surface area contributed by atoms with Crippen molar-refractivity contribution in [2.45, 2.75) is 12.8 Å². The molecule has 0 spiro atoms. The molecule has 0 unspecified atom stereocenters. The lowest BCUT2D eigenvalue weighted by Gasteiger charge is -1.94. The first-order valence-electron chi connectivity index (χ1n) is 5.25. The van der Waals surface area contributed by atoms with Crippen LogP contribution in [0.1, 0.15) is 22.5 Å². The third-order valence-electron chi connectivity index (χ3n) is 2.45. The predicted octanol–water partition coefficient (Wildman–Crippen LogP) is 1.73. The fourth-order valence-corrected chi connectivity index (χ4v) is 1.64. The molecule has 84 valence electrons. The maximum atomic E-state index is 10.6. The summed E-state index contributed by atoms with van der Waals surface area (Å²) in [5.41, 5.74) is 2.50. The van der Waals surface area contributed by atoms with Crippen molar-refractivity contribution in [2.24, 2.45) is 0 Å². The predicted molar refractivity (Wildman–Crippen MR) is 60.8 cm³/mol. The number of aromatic nitrogens is 2. The van der Waals surface area contributed by atoms with Crippen LogP contribution in [0.4, 0.5) is 0 Å². The van der Waals surface area contributed by atoms with Crippen molar-refractivity contribution in [3.05, 3.63) is 35.8 Å². The molecular formula is C12H14N2O2. The molecule has 2 rings (SSSR count). The van der Waals surface area contributed by atoms with E-state index >= 15 is 0 Å². The lowest BCUT2D eigenvalue weighted by atomic mass is 10.3. The Kier molecular flexibility index (Phi) is 3.31. The van der Waals surface area contributed by atoms with Gasteiger partial charge >= 0.3 is 0 Å². The van der Waals surface area contributed by atoms with Gasteiger partial charge in [0.15, 0.2) is 0 Å². The third kappa shape index (κ3) is 2.28. The summed E-state index contributed by atoms with van der Waals surface area (Å²) in [7, 11) is 1.69. The molecule has 0 aliphatic rings. The number of hydrogen-bond donors (Lipinski definition) is 0. The number of pyridine rings is 1. The summed E-state index contributed by atoms with van der Waals surface area (Å²) in [6.07, 6.45) is 6.53. The summed E-state index contributed by atoms with van der Waals surface area (Å²) in [5.74, 6) is 0. The van der Waals surface area contributed by atoms with Crippen molar-refractivity contribution in [1.82, 2.24) is 9.38 Å². The number of carbonyl (C=O) groups is 1. The van der Waals surface area contributed by atoms with E-state index in [1.54, 1.807) is 19.2 Å². The minimum Gasteiger partial charge on any atom is -0.385 e. The van der Waals surface area contributed by atoms with Crippen molar-refractivity contribution in [3.8, 4) is 0 Å². The third-order valence-corrected chi connectivity index (χ3v) is 2.45. The average Bonchev–Trinajstić information content (AvgIpc) is 2.70. The van der Waals surface area contributed by atoms with Crippen LogP contribution in [0.25, 0.3) is 5.65 Å². The summed E-state index contributed by atoms with van der Waals surface area (Å²) >= 11 is 0. The Bertz CT molecular complexity index is 491. The van der Waals surface area contributed by atoms with E-state index in [9.17, 15) is 4.79 Å². The number of ether oxygens (including phenoxy) is 1.